The molecule has 0 bridgehead atoms. The maximum atomic E-state index is 6.47. The van der Waals surface area contributed by atoms with Crippen LogP contribution in [0.5, 0.6) is 11.5 Å². The maximum absolute atomic E-state index is 6.47. The Balaban J connectivity index is 1.84. The number of benzene rings is 3. The average Bonchev–Trinajstić information content (AvgIpc) is 2.80. The Morgan fingerprint density at radius 1 is 0.917 bits per heavy atom. The lowest BCUT2D eigenvalue weighted by molar-refractivity contribution is 0.199. The fourth-order valence-electron chi connectivity index (χ4n) is 4.87. The molecule has 0 radical (unpaired) electrons. The highest BCUT2D eigenvalue weighted by Gasteiger charge is 2.30. The Bertz CT molecular complexity index is 1230. The third-order valence-electron chi connectivity index (χ3n) is 6.53. The molecule has 0 fully saturated rings. The Morgan fingerprint density at radius 3 is 2.31 bits per heavy atom. The topological polar surface area (TPSA) is 18.5 Å². The predicted octanol–water partition coefficient (Wildman–Crippen LogP) is 9.93. The van der Waals surface area contributed by atoms with Crippen LogP contribution in [0, 0.1) is 16.7 Å². The van der Waals surface area contributed by atoms with E-state index in [1.165, 1.54) is 5.57 Å². The first-order valence-corrected chi connectivity index (χ1v) is 13.2. The first-order valence-electron chi connectivity index (χ1n) is 13.2. The van der Waals surface area contributed by atoms with E-state index in [1.807, 2.05) is 25.1 Å². The van der Waals surface area contributed by atoms with Crippen molar-refractivity contribution in [2.45, 2.75) is 61.3 Å². The van der Waals surface area contributed by atoms with Crippen LogP contribution in [0.1, 0.15) is 61.3 Å². The highest BCUT2D eigenvalue weighted by atomic mass is 16.5. The summed E-state index contributed by atoms with van der Waals surface area (Å²) in [5.41, 5.74) is 1.76. The Hall–Kier alpha value is -3.00. The van der Waals surface area contributed by atoms with Gasteiger partial charge in [0.25, 0.3) is 0 Å². The van der Waals surface area contributed by atoms with Gasteiger partial charge in [-0.2, -0.15) is 0 Å². The lowest BCUT2D eigenvalue weighted by Crippen LogP contribution is -2.26. The molecular weight excluding hydrogens is 440 g/mol. The van der Waals surface area contributed by atoms with Gasteiger partial charge in [-0.05, 0) is 59.6 Å². The molecule has 36 heavy (non-hydrogen) atoms. The van der Waals surface area contributed by atoms with Gasteiger partial charge < -0.3 is 9.47 Å². The van der Waals surface area contributed by atoms with Gasteiger partial charge in [-0.25, -0.2) is 0 Å². The maximum Gasteiger partial charge on any atom is 0.135 e. The molecule has 0 aliphatic rings. The lowest BCUT2D eigenvalue weighted by Gasteiger charge is -2.36. The number of ether oxygens (including phenoxy) is 2. The summed E-state index contributed by atoms with van der Waals surface area (Å²) in [5, 5.41) is 4.48. The summed E-state index contributed by atoms with van der Waals surface area (Å²) < 4.78 is 12.4. The van der Waals surface area contributed by atoms with Crippen molar-refractivity contribution in [3.05, 3.63) is 85.0 Å². The molecule has 0 amide bonds. The number of allylic oxidation sites excluding steroid dienone is 4. The molecule has 0 saturated heterocycles. The van der Waals surface area contributed by atoms with Crippen molar-refractivity contribution in [1.29, 1.82) is 0 Å². The van der Waals surface area contributed by atoms with Crippen molar-refractivity contribution >= 4 is 21.5 Å². The predicted molar refractivity (Wildman–Crippen MR) is 157 cm³/mol. The number of rotatable bonds is 10. The summed E-state index contributed by atoms with van der Waals surface area (Å²) in [5.74, 6) is 2.28. The van der Waals surface area contributed by atoms with Crippen molar-refractivity contribution in [3.8, 4) is 11.5 Å². The molecule has 0 heterocycles. The second-order valence-electron chi connectivity index (χ2n) is 11.8. The van der Waals surface area contributed by atoms with Crippen molar-refractivity contribution in [2.24, 2.45) is 16.7 Å². The van der Waals surface area contributed by atoms with Gasteiger partial charge in [0.15, 0.2) is 0 Å². The van der Waals surface area contributed by atoms with Crippen molar-refractivity contribution in [2.75, 3.05) is 13.2 Å². The summed E-state index contributed by atoms with van der Waals surface area (Å²) >= 11 is 0. The van der Waals surface area contributed by atoms with Gasteiger partial charge in [0.2, 0.25) is 0 Å². The Kier molecular flexibility index (Phi) is 9.06. The largest absolute Gasteiger partial charge is 0.493 e. The highest BCUT2D eigenvalue weighted by Crippen LogP contribution is 2.41. The first-order chi connectivity index (χ1) is 17.0. The zero-order valence-corrected chi connectivity index (χ0v) is 23.4. The van der Waals surface area contributed by atoms with Crippen LogP contribution in [0.2, 0.25) is 0 Å². The van der Waals surface area contributed by atoms with Gasteiger partial charge >= 0.3 is 0 Å². The molecule has 3 rings (SSSR count). The van der Waals surface area contributed by atoms with Gasteiger partial charge in [-0.1, -0.05) is 109 Å². The zero-order chi connectivity index (χ0) is 26.3. The van der Waals surface area contributed by atoms with Crippen LogP contribution in [0.4, 0.5) is 0 Å². The molecule has 0 aromatic heterocycles. The molecule has 0 aliphatic heterocycles. The van der Waals surface area contributed by atoms with E-state index >= 15 is 0 Å². The van der Waals surface area contributed by atoms with Gasteiger partial charge in [-0.15, -0.1) is 0 Å². The molecule has 2 heteroatoms. The highest BCUT2D eigenvalue weighted by molar-refractivity contribution is 6.07. The van der Waals surface area contributed by atoms with Crippen molar-refractivity contribution in [1.82, 2.24) is 0 Å². The number of hydrogen-bond acceptors (Lipinski definition) is 2. The number of hydrogen-bond donors (Lipinski definition) is 0. The standard InChI is InChI=1S/C34H44O2/c1-9-16-25(30(34(6,7)8)24-33(3,4)5)17-13-14-22-36-32-27-19-12-11-18-26(27)23-29-28(32)20-15-21-31(29)35-10-2/h9,11-13,15-21,23,30H,1,10,14,22,24H2,2-8H3/b17-13-,25-16+. The van der Waals surface area contributed by atoms with Gasteiger partial charge in [0.1, 0.15) is 11.5 Å². The molecule has 0 N–H and O–H groups in total. The molecule has 1 atom stereocenters. The van der Waals surface area contributed by atoms with E-state index in [2.05, 4.69) is 103 Å². The molecule has 3 aromatic rings. The van der Waals surface area contributed by atoms with E-state index in [1.54, 1.807) is 0 Å². The van der Waals surface area contributed by atoms with Gasteiger partial charge in [0, 0.05) is 16.2 Å². The minimum Gasteiger partial charge on any atom is -0.493 e. The molecule has 3 aromatic carbocycles. The molecule has 1 unspecified atom stereocenters. The van der Waals surface area contributed by atoms with E-state index in [0.717, 1.165) is 45.9 Å². The quantitative estimate of drug-likeness (QED) is 0.162. The van der Waals surface area contributed by atoms with Crippen LogP contribution >= 0.6 is 0 Å². The lowest BCUT2D eigenvalue weighted by atomic mass is 9.68. The summed E-state index contributed by atoms with van der Waals surface area (Å²) in [6.07, 6.45) is 10.6. The van der Waals surface area contributed by atoms with E-state index < -0.39 is 0 Å². The average molecular weight is 485 g/mol. The Labute approximate surface area is 218 Å². The van der Waals surface area contributed by atoms with Gasteiger partial charge in [-0.3, -0.25) is 0 Å². The third-order valence-corrected chi connectivity index (χ3v) is 6.53. The second kappa shape index (κ2) is 11.8. The molecule has 0 aliphatic carbocycles. The van der Waals surface area contributed by atoms with Crippen LogP contribution in [0.25, 0.3) is 21.5 Å². The third kappa shape index (κ3) is 7.03. The van der Waals surface area contributed by atoms with Crippen LogP contribution in [0.15, 0.2) is 85.0 Å². The molecule has 0 saturated carbocycles. The van der Waals surface area contributed by atoms with Crippen molar-refractivity contribution < 1.29 is 9.47 Å². The fraction of sp³-hybridized carbons (Fsp3) is 0.412. The minimum atomic E-state index is 0.170. The van der Waals surface area contributed by atoms with Crippen LogP contribution in [-0.2, 0) is 0 Å². The molecule has 192 valence electrons. The Morgan fingerprint density at radius 2 is 1.64 bits per heavy atom. The SMILES string of the molecule is C=C/C=C(\C=C/CCOc1c2ccccc2cc2c(OCC)cccc12)C(CC(C)(C)C)C(C)(C)C. The van der Waals surface area contributed by atoms with E-state index in [4.69, 9.17) is 9.47 Å². The summed E-state index contributed by atoms with van der Waals surface area (Å²) in [4.78, 5) is 0. The fourth-order valence-corrected chi connectivity index (χ4v) is 4.87. The minimum absolute atomic E-state index is 0.170. The van der Waals surface area contributed by atoms with E-state index in [-0.39, 0.29) is 10.8 Å². The molecular formula is C34H44O2. The first kappa shape index (κ1) is 27.6. The summed E-state index contributed by atoms with van der Waals surface area (Å²) in [6, 6.07) is 16.8. The summed E-state index contributed by atoms with van der Waals surface area (Å²) in [7, 11) is 0. The monoisotopic (exact) mass is 484 g/mol. The molecule has 0 spiro atoms. The second-order valence-corrected chi connectivity index (χ2v) is 11.8. The summed E-state index contributed by atoms with van der Waals surface area (Å²) in [6.45, 7) is 21.2. The molecule has 2 nitrogen and oxygen atoms in total. The van der Waals surface area contributed by atoms with E-state index in [9.17, 15) is 0 Å². The number of fused-ring (bicyclic) bond motifs is 2. The van der Waals surface area contributed by atoms with Gasteiger partial charge in [0.05, 0.1) is 13.2 Å². The smallest absolute Gasteiger partial charge is 0.135 e. The van der Waals surface area contributed by atoms with Crippen LogP contribution in [0.3, 0.4) is 0 Å². The zero-order valence-electron chi connectivity index (χ0n) is 23.4. The van der Waals surface area contributed by atoms with Crippen LogP contribution < -0.4 is 9.47 Å². The van der Waals surface area contributed by atoms with E-state index in [0.29, 0.717) is 19.1 Å². The van der Waals surface area contributed by atoms with Crippen LogP contribution in [-0.4, -0.2) is 13.2 Å². The van der Waals surface area contributed by atoms with Crippen molar-refractivity contribution in [3.63, 3.8) is 0 Å². The normalized spacial score (nSPS) is 13.9.